The number of nitrogens with zero attached hydrogens (tertiary/aromatic N) is 2. The summed E-state index contributed by atoms with van der Waals surface area (Å²) in [7, 11) is 0. The lowest BCUT2D eigenvalue weighted by Gasteiger charge is -2.28. The molecule has 0 amide bonds. The number of aromatic nitrogens is 1. The Bertz CT molecular complexity index is 3930. The lowest BCUT2D eigenvalue weighted by Crippen LogP contribution is -2.11. The van der Waals surface area contributed by atoms with Crippen molar-refractivity contribution in [3.8, 4) is 39.1 Å². The van der Waals surface area contributed by atoms with Crippen molar-refractivity contribution in [2.24, 2.45) is 0 Å². The first kappa shape index (κ1) is 36.9. The van der Waals surface area contributed by atoms with Crippen LogP contribution in [0.2, 0.25) is 0 Å². The van der Waals surface area contributed by atoms with Crippen LogP contribution >= 0.6 is 0 Å². The van der Waals surface area contributed by atoms with Crippen molar-refractivity contribution in [1.82, 2.24) is 4.57 Å². The molecule has 0 aliphatic rings. The lowest BCUT2D eigenvalue weighted by molar-refractivity contribution is 0.670. The number of fused-ring (bicyclic) bond motifs is 8. The number of anilines is 3. The largest absolute Gasteiger partial charge is 0.455 e. The zero-order chi connectivity index (χ0) is 42.8. The standard InChI is InChI=1S/C62H40N2O/c1-2-18-48(19-3-1)63-55-24-10-8-21-53(55)60-56(63)25-13-26-57(60)64(49-36-34-43(35-37-49)42-28-30-44(31-29-42)47-33-32-41-14-4-5-16-46(41)40-47)58-39-38-52(51-23-12-17-45-15-6-7-20-50(45)51)62-61(58)54-22-9-11-27-59(54)65-62/h1-40H. The predicted octanol–water partition coefficient (Wildman–Crippen LogP) is 17.5. The van der Waals surface area contributed by atoms with Gasteiger partial charge in [0.1, 0.15) is 11.2 Å². The van der Waals surface area contributed by atoms with Crippen LogP contribution in [-0.4, -0.2) is 4.57 Å². The van der Waals surface area contributed by atoms with Crippen molar-refractivity contribution in [2.75, 3.05) is 4.90 Å². The van der Waals surface area contributed by atoms with Crippen molar-refractivity contribution in [3.05, 3.63) is 243 Å². The van der Waals surface area contributed by atoms with Gasteiger partial charge in [-0.25, -0.2) is 0 Å². The Hall–Kier alpha value is -8.66. The van der Waals surface area contributed by atoms with E-state index in [1.54, 1.807) is 0 Å². The number of hydrogen-bond donors (Lipinski definition) is 0. The van der Waals surface area contributed by atoms with Gasteiger partial charge in [0.15, 0.2) is 0 Å². The molecule has 0 spiro atoms. The van der Waals surface area contributed by atoms with Gasteiger partial charge in [0, 0.05) is 33.1 Å². The second-order valence-electron chi connectivity index (χ2n) is 16.8. The summed E-state index contributed by atoms with van der Waals surface area (Å²) in [6.45, 7) is 0. The SMILES string of the molecule is c1ccc(-n2c3ccccc3c3c(N(c4ccc(-c5ccc(-c6ccc7ccccc7c6)cc5)cc4)c4ccc(-c5cccc6ccccc56)c5oc6ccccc6c45)cccc32)cc1. The van der Waals surface area contributed by atoms with Gasteiger partial charge >= 0.3 is 0 Å². The number of benzene rings is 11. The fourth-order valence-electron chi connectivity index (χ4n) is 10.1. The Morgan fingerprint density at radius 1 is 0.338 bits per heavy atom. The van der Waals surface area contributed by atoms with Gasteiger partial charge in [-0.3, -0.25) is 0 Å². The van der Waals surface area contributed by atoms with E-state index in [1.807, 2.05) is 0 Å². The molecule has 0 atom stereocenters. The molecule has 0 bridgehead atoms. The van der Waals surface area contributed by atoms with Crippen LogP contribution in [0, 0.1) is 0 Å². The Morgan fingerprint density at radius 3 is 1.74 bits per heavy atom. The average molecular weight is 829 g/mol. The smallest absolute Gasteiger partial charge is 0.145 e. The number of rotatable bonds is 7. The zero-order valence-electron chi connectivity index (χ0n) is 35.4. The minimum absolute atomic E-state index is 0.859. The van der Waals surface area contributed by atoms with Crippen molar-refractivity contribution < 1.29 is 4.42 Å². The monoisotopic (exact) mass is 828 g/mol. The summed E-state index contributed by atoms with van der Waals surface area (Å²) < 4.78 is 9.37. The molecule has 0 aliphatic heterocycles. The zero-order valence-corrected chi connectivity index (χ0v) is 35.4. The highest BCUT2D eigenvalue weighted by atomic mass is 16.3. The average Bonchev–Trinajstić information content (AvgIpc) is 3.94. The third-order valence-electron chi connectivity index (χ3n) is 13.2. The highest BCUT2D eigenvalue weighted by molar-refractivity contribution is 6.21. The van der Waals surface area contributed by atoms with Crippen molar-refractivity contribution in [3.63, 3.8) is 0 Å². The lowest BCUT2D eigenvalue weighted by atomic mass is 9.95. The van der Waals surface area contributed by atoms with Gasteiger partial charge in [-0.15, -0.1) is 0 Å². The molecule has 0 fully saturated rings. The van der Waals surface area contributed by atoms with E-state index in [1.165, 1.54) is 49.0 Å². The van der Waals surface area contributed by atoms with Crippen molar-refractivity contribution in [2.45, 2.75) is 0 Å². The molecule has 0 saturated carbocycles. The summed E-state index contributed by atoms with van der Waals surface area (Å²) in [4.78, 5) is 2.45. The number of para-hydroxylation sites is 3. The maximum absolute atomic E-state index is 6.98. The van der Waals surface area contributed by atoms with Crippen LogP contribution in [0.25, 0.3) is 104 Å². The molecule has 11 aromatic carbocycles. The Labute approximate surface area is 376 Å². The molecule has 0 aliphatic carbocycles. The molecule has 0 unspecified atom stereocenters. The van der Waals surface area contributed by atoms with Crippen molar-refractivity contribution >= 4 is 82.4 Å². The van der Waals surface area contributed by atoms with Crippen LogP contribution in [0.5, 0.6) is 0 Å². The van der Waals surface area contributed by atoms with Gasteiger partial charge in [0.25, 0.3) is 0 Å². The second-order valence-corrected chi connectivity index (χ2v) is 16.8. The van der Waals surface area contributed by atoms with E-state index in [2.05, 4.69) is 252 Å². The van der Waals surface area contributed by atoms with E-state index in [0.717, 1.165) is 72.4 Å². The van der Waals surface area contributed by atoms with E-state index in [0.29, 0.717) is 0 Å². The van der Waals surface area contributed by atoms with E-state index in [-0.39, 0.29) is 0 Å². The molecule has 0 saturated heterocycles. The van der Waals surface area contributed by atoms with Gasteiger partial charge in [0.2, 0.25) is 0 Å². The maximum Gasteiger partial charge on any atom is 0.145 e. The molecule has 2 heterocycles. The van der Waals surface area contributed by atoms with Crippen LogP contribution in [0.4, 0.5) is 17.1 Å². The molecule has 3 heteroatoms. The Morgan fingerprint density at radius 2 is 0.923 bits per heavy atom. The van der Waals surface area contributed by atoms with E-state index >= 15 is 0 Å². The topological polar surface area (TPSA) is 21.3 Å². The molecular weight excluding hydrogens is 789 g/mol. The summed E-state index contributed by atoms with van der Waals surface area (Å²) in [5.41, 5.74) is 15.3. The molecule has 0 N–H and O–H groups in total. The molecule has 0 radical (unpaired) electrons. The first-order valence-corrected chi connectivity index (χ1v) is 22.2. The van der Waals surface area contributed by atoms with Crippen molar-refractivity contribution in [1.29, 1.82) is 0 Å². The molecule has 65 heavy (non-hydrogen) atoms. The first-order chi connectivity index (χ1) is 32.2. The quantitative estimate of drug-likeness (QED) is 0.160. The number of hydrogen-bond acceptors (Lipinski definition) is 2. The van der Waals surface area contributed by atoms with Gasteiger partial charge in [0.05, 0.1) is 27.8 Å². The highest BCUT2D eigenvalue weighted by Crippen LogP contribution is 2.50. The normalized spacial score (nSPS) is 11.7. The van der Waals surface area contributed by atoms with Crippen LogP contribution in [0.1, 0.15) is 0 Å². The number of furan rings is 1. The van der Waals surface area contributed by atoms with E-state index in [4.69, 9.17) is 4.42 Å². The third kappa shape index (κ3) is 6.05. The molecule has 304 valence electrons. The van der Waals surface area contributed by atoms with Gasteiger partial charge in [-0.2, -0.15) is 0 Å². The predicted molar refractivity (Wildman–Crippen MR) is 274 cm³/mol. The molecular formula is C62H40N2O. The summed E-state index contributed by atoms with van der Waals surface area (Å²) in [5.74, 6) is 0. The summed E-state index contributed by atoms with van der Waals surface area (Å²) in [5, 5.41) is 9.41. The second kappa shape index (κ2) is 15.0. The molecule has 13 aromatic rings. The molecule has 2 aromatic heterocycles. The van der Waals surface area contributed by atoms with E-state index in [9.17, 15) is 0 Å². The minimum Gasteiger partial charge on any atom is -0.455 e. The van der Waals surface area contributed by atoms with Gasteiger partial charge in [-0.1, -0.05) is 176 Å². The van der Waals surface area contributed by atoms with Crippen LogP contribution in [0.15, 0.2) is 247 Å². The van der Waals surface area contributed by atoms with Gasteiger partial charge in [-0.05, 0) is 116 Å². The maximum atomic E-state index is 6.98. The first-order valence-electron chi connectivity index (χ1n) is 22.2. The fraction of sp³-hybridized carbons (Fsp3) is 0. The molecule has 3 nitrogen and oxygen atoms in total. The summed E-state index contributed by atoms with van der Waals surface area (Å²) in [6.07, 6.45) is 0. The Balaban J connectivity index is 1.02. The van der Waals surface area contributed by atoms with E-state index < -0.39 is 0 Å². The third-order valence-corrected chi connectivity index (χ3v) is 13.2. The summed E-state index contributed by atoms with van der Waals surface area (Å²) in [6, 6.07) is 87.6. The minimum atomic E-state index is 0.859. The Kier molecular flexibility index (Phi) is 8.53. The van der Waals surface area contributed by atoms with Gasteiger partial charge < -0.3 is 13.9 Å². The van der Waals surface area contributed by atoms with Crippen LogP contribution in [0.3, 0.4) is 0 Å². The molecule has 13 rings (SSSR count). The van der Waals surface area contributed by atoms with Crippen LogP contribution in [-0.2, 0) is 0 Å². The fourth-order valence-corrected chi connectivity index (χ4v) is 10.1. The van der Waals surface area contributed by atoms with Crippen LogP contribution < -0.4 is 4.90 Å². The summed E-state index contributed by atoms with van der Waals surface area (Å²) >= 11 is 0. The highest BCUT2D eigenvalue weighted by Gasteiger charge is 2.26.